The first-order chi connectivity index (χ1) is 8.25. The van der Waals surface area contributed by atoms with Gasteiger partial charge in [0.15, 0.2) is 5.90 Å². The Balaban J connectivity index is 1.57. The number of hydrogen-bond donors (Lipinski definition) is 1. The molecule has 0 spiro atoms. The van der Waals surface area contributed by atoms with E-state index in [4.69, 9.17) is 9.47 Å². The fourth-order valence-electron chi connectivity index (χ4n) is 2.19. The third-order valence-electron chi connectivity index (χ3n) is 3.40. The van der Waals surface area contributed by atoms with E-state index in [0.717, 1.165) is 44.9 Å². The van der Waals surface area contributed by atoms with Crippen molar-refractivity contribution in [2.24, 2.45) is 10.9 Å². The van der Waals surface area contributed by atoms with Crippen LogP contribution in [0.25, 0.3) is 0 Å². The van der Waals surface area contributed by atoms with Crippen LogP contribution >= 0.6 is 0 Å². The van der Waals surface area contributed by atoms with Crippen molar-refractivity contribution in [1.82, 2.24) is 5.32 Å². The van der Waals surface area contributed by atoms with Gasteiger partial charge in [0.2, 0.25) is 0 Å². The average Bonchev–Trinajstić information content (AvgIpc) is 2.96. The van der Waals surface area contributed by atoms with Crippen LogP contribution in [0.2, 0.25) is 0 Å². The number of rotatable bonds is 6. The normalized spacial score (nSPS) is 28.5. The lowest BCUT2D eigenvalue weighted by molar-refractivity contribution is 0.0921. The Morgan fingerprint density at radius 3 is 2.94 bits per heavy atom. The van der Waals surface area contributed by atoms with Crippen molar-refractivity contribution < 1.29 is 9.47 Å². The Hall–Kier alpha value is -0.610. The van der Waals surface area contributed by atoms with Crippen molar-refractivity contribution in [3.8, 4) is 0 Å². The molecule has 0 aromatic rings. The molecule has 0 aliphatic carbocycles. The predicted molar refractivity (Wildman–Crippen MR) is 68.2 cm³/mol. The van der Waals surface area contributed by atoms with E-state index in [1.54, 1.807) is 0 Å². The lowest BCUT2D eigenvalue weighted by Crippen LogP contribution is -2.22. The molecule has 0 amide bonds. The van der Waals surface area contributed by atoms with Crippen LogP contribution in [0, 0.1) is 5.92 Å². The molecule has 0 aromatic carbocycles. The number of ether oxygens (including phenoxy) is 2. The minimum absolute atomic E-state index is 0.282. The van der Waals surface area contributed by atoms with Gasteiger partial charge in [-0.05, 0) is 25.2 Å². The zero-order valence-electron chi connectivity index (χ0n) is 10.9. The smallest absolute Gasteiger partial charge is 0.183 e. The zero-order valence-corrected chi connectivity index (χ0v) is 10.9. The molecule has 98 valence electrons. The topological polar surface area (TPSA) is 42.8 Å². The maximum absolute atomic E-state index is 5.60. The average molecular weight is 240 g/mol. The van der Waals surface area contributed by atoms with Gasteiger partial charge in [0.1, 0.15) is 12.8 Å². The third kappa shape index (κ3) is 3.96. The highest BCUT2D eigenvalue weighted by Gasteiger charge is 2.21. The minimum Gasteiger partial charge on any atom is -0.479 e. The fourth-order valence-corrected chi connectivity index (χ4v) is 2.19. The molecule has 2 rings (SSSR count). The van der Waals surface area contributed by atoms with E-state index in [1.165, 1.54) is 6.42 Å². The van der Waals surface area contributed by atoms with E-state index in [1.807, 2.05) is 0 Å². The molecule has 2 aliphatic heterocycles. The monoisotopic (exact) mass is 240 g/mol. The molecule has 2 aliphatic rings. The van der Waals surface area contributed by atoms with Gasteiger partial charge in [-0.15, -0.1) is 0 Å². The third-order valence-corrected chi connectivity index (χ3v) is 3.40. The van der Waals surface area contributed by atoms with Gasteiger partial charge >= 0.3 is 0 Å². The SMILES string of the molecule is CC(C)[C@H]1COC(CCCCC2NCCO2)=N1. The van der Waals surface area contributed by atoms with Crippen molar-refractivity contribution in [3.63, 3.8) is 0 Å². The lowest BCUT2D eigenvalue weighted by Gasteiger charge is -2.08. The summed E-state index contributed by atoms with van der Waals surface area (Å²) in [5, 5.41) is 3.32. The van der Waals surface area contributed by atoms with Crippen LogP contribution in [0.5, 0.6) is 0 Å². The molecule has 1 unspecified atom stereocenters. The molecule has 2 heterocycles. The van der Waals surface area contributed by atoms with E-state index in [2.05, 4.69) is 24.2 Å². The standard InChI is InChI=1S/C13H24N2O2/c1-10(2)11-9-17-13(15-11)6-4-3-5-12-14-7-8-16-12/h10-12,14H,3-9H2,1-2H3/t11-,12?/m1/s1. The van der Waals surface area contributed by atoms with E-state index in [0.29, 0.717) is 12.0 Å². The van der Waals surface area contributed by atoms with Crippen molar-refractivity contribution in [2.75, 3.05) is 19.8 Å². The number of aliphatic imine (C=N–C) groups is 1. The van der Waals surface area contributed by atoms with Crippen LogP contribution in [0.3, 0.4) is 0 Å². The summed E-state index contributed by atoms with van der Waals surface area (Å²) in [4.78, 5) is 4.60. The summed E-state index contributed by atoms with van der Waals surface area (Å²) in [6.07, 6.45) is 4.68. The first kappa shape index (κ1) is 12.8. The van der Waals surface area contributed by atoms with Gasteiger partial charge in [0, 0.05) is 13.0 Å². The van der Waals surface area contributed by atoms with E-state index < -0.39 is 0 Å². The molecule has 1 N–H and O–H groups in total. The second-order valence-corrected chi connectivity index (χ2v) is 5.20. The molecule has 0 bridgehead atoms. The van der Waals surface area contributed by atoms with Crippen LogP contribution in [-0.4, -0.2) is 37.9 Å². The van der Waals surface area contributed by atoms with Crippen LogP contribution in [0.4, 0.5) is 0 Å². The van der Waals surface area contributed by atoms with Crippen LogP contribution < -0.4 is 5.32 Å². The summed E-state index contributed by atoms with van der Waals surface area (Å²) in [6.45, 7) is 7.03. The number of nitrogens with zero attached hydrogens (tertiary/aromatic N) is 1. The molecule has 0 aromatic heterocycles. The van der Waals surface area contributed by atoms with Crippen molar-refractivity contribution >= 4 is 5.90 Å². The van der Waals surface area contributed by atoms with Gasteiger partial charge in [-0.25, -0.2) is 4.99 Å². The van der Waals surface area contributed by atoms with E-state index in [9.17, 15) is 0 Å². The van der Waals surface area contributed by atoms with E-state index in [-0.39, 0.29) is 6.23 Å². The van der Waals surface area contributed by atoms with Crippen LogP contribution in [-0.2, 0) is 9.47 Å². The molecule has 0 saturated carbocycles. The van der Waals surface area contributed by atoms with Gasteiger partial charge in [-0.2, -0.15) is 0 Å². The first-order valence-corrected chi connectivity index (χ1v) is 6.80. The largest absolute Gasteiger partial charge is 0.479 e. The molecule has 17 heavy (non-hydrogen) atoms. The van der Waals surface area contributed by atoms with Crippen LogP contribution in [0.15, 0.2) is 4.99 Å². The Bertz CT molecular complexity index is 260. The highest BCUT2D eigenvalue weighted by molar-refractivity contribution is 5.77. The number of nitrogens with one attached hydrogen (secondary N) is 1. The van der Waals surface area contributed by atoms with Crippen molar-refractivity contribution in [1.29, 1.82) is 0 Å². The second-order valence-electron chi connectivity index (χ2n) is 5.20. The molecular weight excluding hydrogens is 216 g/mol. The molecule has 4 heteroatoms. The summed E-state index contributed by atoms with van der Waals surface area (Å²) in [5.74, 6) is 1.55. The fraction of sp³-hybridized carbons (Fsp3) is 0.923. The van der Waals surface area contributed by atoms with Gasteiger partial charge in [-0.3, -0.25) is 5.32 Å². The Morgan fingerprint density at radius 2 is 2.29 bits per heavy atom. The van der Waals surface area contributed by atoms with Crippen molar-refractivity contribution in [3.05, 3.63) is 0 Å². The summed E-state index contributed by atoms with van der Waals surface area (Å²) < 4.78 is 11.1. The lowest BCUT2D eigenvalue weighted by atomic mass is 10.1. The van der Waals surface area contributed by atoms with Gasteiger partial charge in [-0.1, -0.05) is 13.8 Å². The highest BCUT2D eigenvalue weighted by Crippen LogP contribution is 2.17. The quantitative estimate of drug-likeness (QED) is 0.722. The second kappa shape index (κ2) is 6.36. The van der Waals surface area contributed by atoms with Crippen LogP contribution in [0.1, 0.15) is 39.5 Å². The Morgan fingerprint density at radius 1 is 1.41 bits per heavy atom. The molecule has 4 nitrogen and oxygen atoms in total. The van der Waals surface area contributed by atoms with Gasteiger partial charge < -0.3 is 9.47 Å². The summed E-state index contributed by atoms with van der Waals surface area (Å²) in [6, 6.07) is 0.379. The maximum atomic E-state index is 5.60. The summed E-state index contributed by atoms with van der Waals surface area (Å²) >= 11 is 0. The highest BCUT2D eigenvalue weighted by atomic mass is 16.5. The molecule has 1 fully saturated rings. The number of unbranched alkanes of at least 4 members (excludes halogenated alkanes) is 1. The Kier molecular flexibility index (Phi) is 4.80. The van der Waals surface area contributed by atoms with Gasteiger partial charge in [0.05, 0.1) is 12.6 Å². The Labute approximate surface area is 104 Å². The van der Waals surface area contributed by atoms with Gasteiger partial charge in [0.25, 0.3) is 0 Å². The maximum Gasteiger partial charge on any atom is 0.183 e. The van der Waals surface area contributed by atoms with E-state index >= 15 is 0 Å². The molecule has 1 saturated heterocycles. The zero-order chi connectivity index (χ0) is 12.1. The molecular formula is C13H24N2O2. The minimum atomic E-state index is 0.282. The van der Waals surface area contributed by atoms with Crippen molar-refractivity contribution in [2.45, 2.75) is 51.8 Å². The molecule has 2 atom stereocenters. The predicted octanol–water partition coefficient (Wildman–Crippen LogP) is 1.95. The summed E-state index contributed by atoms with van der Waals surface area (Å²) in [5.41, 5.74) is 0. The molecule has 0 radical (unpaired) electrons. The first-order valence-electron chi connectivity index (χ1n) is 6.80. The summed E-state index contributed by atoms with van der Waals surface area (Å²) in [7, 11) is 0. The number of hydrogen-bond acceptors (Lipinski definition) is 4.